The second-order valence-electron chi connectivity index (χ2n) is 9.04. The molecule has 2 atom stereocenters. The normalized spacial score (nSPS) is 14.0. The van der Waals surface area contributed by atoms with Crippen molar-refractivity contribution in [2.24, 2.45) is 0 Å². The predicted molar refractivity (Wildman–Crippen MR) is 135 cm³/mol. The summed E-state index contributed by atoms with van der Waals surface area (Å²) in [5.74, 6) is 0. The van der Waals surface area contributed by atoms with E-state index >= 15 is 0 Å². The first-order chi connectivity index (χ1) is 15.4. The Hall–Kier alpha value is -2.50. The molecule has 0 aliphatic heterocycles. The Balaban J connectivity index is 1.85. The molecule has 0 unspecified atom stereocenters. The number of aliphatic hydroxyl groups is 1. The van der Waals surface area contributed by atoms with Crippen LogP contribution in [0.5, 0.6) is 0 Å². The lowest BCUT2D eigenvalue weighted by atomic mass is 10.2. The first-order valence-corrected chi connectivity index (χ1v) is 13.0. The van der Waals surface area contributed by atoms with Gasteiger partial charge < -0.3 is 14.3 Å². The van der Waals surface area contributed by atoms with Gasteiger partial charge in [-0.05, 0) is 21.0 Å². The summed E-state index contributed by atoms with van der Waals surface area (Å²) >= 11 is 0. The van der Waals surface area contributed by atoms with Crippen molar-refractivity contribution in [2.75, 3.05) is 6.61 Å². The van der Waals surface area contributed by atoms with Gasteiger partial charge in [-0.1, -0.05) is 118 Å². The highest BCUT2D eigenvalue weighted by Crippen LogP contribution is 2.36. The van der Waals surface area contributed by atoms with Crippen molar-refractivity contribution < 1.29 is 14.3 Å². The largest absolute Gasteiger partial charge is 0.405 e. The maximum Gasteiger partial charge on any atom is 0.261 e. The average molecular weight is 447 g/mol. The van der Waals surface area contributed by atoms with Crippen LogP contribution < -0.4 is 10.4 Å². The summed E-state index contributed by atoms with van der Waals surface area (Å²) in [5, 5.41) is 13.2. The molecule has 0 saturated carbocycles. The van der Waals surface area contributed by atoms with Crippen molar-refractivity contribution in [1.82, 2.24) is 0 Å². The Bertz CT molecular complexity index is 913. The quantitative estimate of drug-likeness (QED) is 0.363. The van der Waals surface area contributed by atoms with Crippen LogP contribution in [0.2, 0.25) is 5.04 Å². The Morgan fingerprint density at radius 3 is 1.75 bits per heavy atom. The van der Waals surface area contributed by atoms with Crippen molar-refractivity contribution in [3.63, 3.8) is 0 Å². The van der Waals surface area contributed by atoms with Gasteiger partial charge in [-0.2, -0.15) is 0 Å². The van der Waals surface area contributed by atoms with Crippen molar-refractivity contribution in [2.45, 2.75) is 44.6 Å². The molecular formula is C28H34O3Si. The number of hydrogen-bond acceptors (Lipinski definition) is 3. The van der Waals surface area contributed by atoms with Crippen LogP contribution >= 0.6 is 0 Å². The summed E-state index contributed by atoms with van der Waals surface area (Å²) in [4.78, 5) is 0. The Morgan fingerprint density at radius 2 is 1.31 bits per heavy atom. The van der Waals surface area contributed by atoms with Crippen molar-refractivity contribution in [3.05, 3.63) is 109 Å². The van der Waals surface area contributed by atoms with E-state index in [2.05, 4.69) is 75.9 Å². The summed E-state index contributed by atoms with van der Waals surface area (Å²) in [5.41, 5.74) is 1.06. The average Bonchev–Trinajstić information content (AvgIpc) is 2.81. The second-order valence-corrected chi connectivity index (χ2v) is 13.3. The van der Waals surface area contributed by atoms with E-state index < -0.39 is 20.5 Å². The standard InChI is InChI=1S/C28H34O3Si/c1-5-27(30-21-23-15-9-6-10-16-23)26(29)22-31-32(28(2,3)4,24-17-11-7-12-18-24)25-19-13-8-14-20-25/h5-20,26-27,29H,1,21-22H2,2-4H3/t26-,27+/m1/s1. The van der Waals surface area contributed by atoms with Crippen molar-refractivity contribution >= 4 is 18.7 Å². The molecule has 168 valence electrons. The number of ether oxygens (including phenoxy) is 1. The number of rotatable bonds is 10. The van der Waals surface area contributed by atoms with Gasteiger partial charge in [-0.15, -0.1) is 6.58 Å². The molecule has 1 N–H and O–H groups in total. The summed E-state index contributed by atoms with van der Waals surface area (Å²) in [6, 6.07) is 30.8. The molecule has 0 amide bonds. The minimum absolute atomic E-state index is 0.149. The van der Waals surface area contributed by atoms with Gasteiger partial charge in [0.05, 0.1) is 13.2 Å². The van der Waals surface area contributed by atoms with E-state index in [9.17, 15) is 5.11 Å². The highest BCUT2D eigenvalue weighted by Gasteiger charge is 2.50. The van der Waals surface area contributed by atoms with E-state index in [1.165, 1.54) is 10.4 Å². The van der Waals surface area contributed by atoms with Gasteiger partial charge in [0, 0.05) is 0 Å². The van der Waals surface area contributed by atoms with Crippen LogP contribution in [-0.4, -0.2) is 32.2 Å². The van der Waals surface area contributed by atoms with E-state index in [1.54, 1.807) is 6.08 Å². The third-order valence-corrected chi connectivity index (χ3v) is 10.8. The molecule has 0 saturated heterocycles. The van der Waals surface area contributed by atoms with Gasteiger partial charge in [0.15, 0.2) is 0 Å². The molecule has 3 aromatic carbocycles. The minimum atomic E-state index is -2.71. The SMILES string of the molecule is C=C[C@H](OCc1ccccc1)[C@H](O)CO[Si](c1ccccc1)(c1ccccc1)C(C)(C)C. The van der Waals surface area contributed by atoms with Crippen LogP contribution in [0, 0.1) is 0 Å². The van der Waals surface area contributed by atoms with Crippen LogP contribution in [0.25, 0.3) is 0 Å². The molecule has 0 aliphatic carbocycles. The highest BCUT2D eigenvalue weighted by atomic mass is 28.4. The number of aliphatic hydroxyl groups excluding tert-OH is 1. The molecule has 3 rings (SSSR count). The van der Waals surface area contributed by atoms with Crippen molar-refractivity contribution in [3.8, 4) is 0 Å². The molecule has 0 spiro atoms. The first kappa shape index (κ1) is 24.1. The fourth-order valence-electron chi connectivity index (χ4n) is 4.17. The maximum atomic E-state index is 11.0. The zero-order valence-electron chi connectivity index (χ0n) is 19.3. The van der Waals surface area contributed by atoms with Crippen LogP contribution in [-0.2, 0) is 15.8 Å². The zero-order chi connectivity index (χ0) is 23.0. The molecule has 3 aromatic rings. The smallest absolute Gasteiger partial charge is 0.261 e. The lowest BCUT2D eigenvalue weighted by molar-refractivity contribution is -0.0375. The molecule has 4 heteroatoms. The Kier molecular flexibility index (Phi) is 8.21. The summed E-state index contributed by atoms with van der Waals surface area (Å²) < 4.78 is 12.8. The number of hydrogen-bond donors (Lipinski definition) is 1. The van der Waals surface area contributed by atoms with Gasteiger partial charge in [0.25, 0.3) is 8.32 Å². The molecule has 3 nitrogen and oxygen atoms in total. The van der Waals surface area contributed by atoms with Gasteiger partial charge in [0.1, 0.15) is 12.2 Å². The second kappa shape index (κ2) is 10.9. The van der Waals surface area contributed by atoms with E-state index in [-0.39, 0.29) is 11.6 Å². The third-order valence-electron chi connectivity index (χ3n) is 5.78. The fraction of sp³-hybridized carbons (Fsp3) is 0.286. The Labute approximate surface area is 193 Å². The summed E-state index contributed by atoms with van der Waals surface area (Å²) in [6.45, 7) is 11.1. The molecule has 0 aromatic heterocycles. The lowest BCUT2D eigenvalue weighted by Gasteiger charge is -2.43. The number of benzene rings is 3. The van der Waals surface area contributed by atoms with E-state index in [1.807, 2.05) is 42.5 Å². The lowest BCUT2D eigenvalue weighted by Crippen LogP contribution is -2.67. The predicted octanol–water partition coefficient (Wildman–Crippen LogP) is 4.70. The maximum absolute atomic E-state index is 11.0. The Morgan fingerprint density at radius 1 is 0.844 bits per heavy atom. The van der Waals surface area contributed by atoms with E-state index in [0.29, 0.717) is 6.61 Å². The van der Waals surface area contributed by atoms with E-state index in [0.717, 1.165) is 5.56 Å². The van der Waals surface area contributed by atoms with Gasteiger partial charge in [-0.3, -0.25) is 0 Å². The van der Waals surface area contributed by atoms with Crippen LogP contribution in [0.1, 0.15) is 26.3 Å². The third kappa shape index (κ3) is 5.45. The molecule has 0 radical (unpaired) electrons. The van der Waals surface area contributed by atoms with Crippen LogP contribution in [0.3, 0.4) is 0 Å². The van der Waals surface area contributed by atoms with Gasteiger partial charge in [-0.25, -0.2) is 0 Å². The molecule has 0 bridgehead atoms. The fourth-order valence-corrected chi connectivity index (χ4v) is 8.75. The van der Waals surface area contributed by atoms with Gasteiger partial charge >= 0.3 is 0 Å². The van der Waals surface area contributed by atoms with Crippen molar-refractivity contribution in [1.29, 1.82) is 0 Å². The molecule has 0 fully saturated rings. The molecule has 0 heterocycles. The van der Waals surface area contributed by atoms with E-state index in [4.69, 9.17) is 9.16 Å². The van der Waals surface area contributed by atoms with Crippen LogP contribution in [0.15, 0.2) is 104 Å². The summed E-state index contributed by atoms with van der Waals surface area (Å²) in [7, 11) is -2.71. The highest BCUT2D eigenvalue weighted by molar-refractivity contribution is 6.99. The molecule has 32 heavy (non-hydrogen) atoms. The summed E-state index contributed by atoms with van der Waals surface area (Å²) in [6.07, 6.45) is 0.314. The van der Waals surface area contributed by atoms with Crippen LogP contribution in [0.4, 0.5) is 0 Å². The first-order valence-electron chi connectivity index (χ1n) is 11.1. The molecular weight excluding hydrogens is 412 g/mol. The monoisotopic (exact) mass is 446 g/mol. The van der Waals surface area contributed by atoms with Gasteiger partial charge in [0.2, 0.25) is 0 Å². The topological polar surface area (TPSA) is 38.7 Å². The zero-order valence-corrected chi connectivity index (χ0v) is 20.3. The minimum Gasteiger partial charge on any atom is -0.405 e. The molecule has 0 aliphatic rings.